The zero-order valence-electron chi connectivity index (χ0n) is 7.13. The number of hydrogen-bond acceptors (Lipinski definition) is 2. The van der Waals surface area contributed by atoms with Gasteiger partial charge in [-0.2, -0.15) is 0 Å². The van der Waals surface area contributed by atoms with Gasteiger partial charge in [0, 0.05) is 11.1 Å². The van der Waals surface area contributed by atoms with Crippen molar-refractivity contribution in [2.24, 2.45) is 0 Å². The fourth-order valence-electron chi connectivity index (χ4n) is 0.830. The highest BCUT2D eigenvalue weighted by molar-refractivity contribution is 5.21. The Morgan fingerprint density at radius 3 is 2.27 bits per heavy atom. The van der Waals surface area contributed by atoms with E-state index in [1.165, 1.54) is 6.20 Å². The molecule has 0 fully saturated rings. The first-order valence-corrected chi connectivity index (χ1v) is 3.65. The lowest BCUT2D eigenvalue weighted by Crippen LogP contribution is -2.12. The standard InChI is InChI=1S/C9H13NO/c1-9(2,3)8-5-4-7(11)6-10-8/h4-6,11H,1-3H3. The summed E-state index contributed by atoms with van der Waals surface area (Å²) in [5.41, 5.74) is 1.06. The van der Waals surface area contributed by atoms with E-state index in [1.54, 1.807) is 6.07 Å². The van der Waals surface area contributed by atoms with Crippen LogP contribution in [0.15, 0.2) is 18.3 Å². The first-order chi connectivity index (χ1) is 5.00. The van der Waals surface area contributed by atoms with Crippen molar-refractivity contribution in [3.8, 4) is 5.75 Å². The molecule has 0 saturated carbocycles. The lowest BCUT2D eigenvalue weighted by atomic mass is 9.92. The first kappa shape index (κ1) is 8.05. The summed E-state index contributed by atoms with van der Waals surface area (Å²) in [7, 11) is 0. The smallest absolute Gasteiger partial charge is 0.133 e. The molecule has 0 radical (unpaired) electrons. The maximum atomic E-state index is 8.96. The Kier molecular flexibility index (Phi) is 1.85. The largest absolute Gasteiger partial charge is 0.506 e. The molecule has 0 spiro atoms. The summed E-state index contributed by atoms with van der Waals surface area (Å²) in [6, 6.07) is 3.50. The fraction of sp³-hybridized carbons (Fsp3) is 0.444. The quantitative estimate of drug-likeness (QED) is 0.615. The highest BCUT2D eigenvalue weighted by Crippen LogP contribution is 2.20. The highest BCUT2D eigenvalue weighted by Gasteiger charge is 2.14. The molecule has 0 amide bonds. The average molecular weight is 151 g/mol. The lowest BCUT2D eigenvalue weighted by molar-refractivity contribution is 0.469. The van der Waals surface area contributed by atoms with Crippen molar-refractivity contribution >= 4 is 0 Å². The van der Waals surface area contributed by atoms with E-state index in [9.17, 15) is 0 Å². The Morgan fingerprint density at radius 2 is 1.91 bits per heavy atom. The molecule has 2 heteroatoms. The van der Waals surface area contributed by atoms with Gasteiger partial charge in [0.05, 0.1) is 6.20 Å². The van der Waals surface area contributed by atoms with Gasteiger partial charge in [0.15, 0.2) is 0 Å². The molecule has 1 aromatic rings. The summed E-state index contributed by atoms with van der Waals surface area (Å²) in [5.74, 6) is 0.220. The van der Waals surface area contributed by atoms with E-state index in [-0.39, 0.29) is 11.2 Å². The molecular weight excluding hydrogens is 138 g/mol. The molecular formula is C9H13NO. The Balaban J connectivity index is 2.99. The molecule has 0 aromatic carbocycles. The average Bonchev–Trinajstić information content (AvgIpc) is 1.86. The number of nitrogens with zero attached hydrogens (tertiary/aromatic N) is 1. The molecule has 1 aromatic heterocycles. The van der Waals surface area contributed by atoms with Crippen molar-refractivity contribution in [2.75, 3.05) is 0 Å². The summed E-state index contributed by atoms with van der Waals surface area (Å²) in [6.45, 7) is 6.27. The topological polar surface area (TPSA) is 33.1 Å². The van der Waals surface area contributed by atoms with Gasteiger partial charge in [0.2, 0.25) is 0 Å². The third kappa shape index (κ3) is 1.93. The van der Waals surface area contributed by atoms with Gasteiger partial charge in [-0.1, -0.05) is 20.8 Å². The predicted octanol–water partition coefficient (Wildman–Crippen LogP) is 2.08. The molecule has 0 aliphatic rings. The Morgan fingerprint density at radius 1 is 1.27 bits per heavy atom. The third-order valence-electron chi connectivity index (χ3n) is 1.52. The Hall–Kier alpha value is -1.05. The van der Waals surface area contributed by atoms with Crippen molar-refractivity contribution in [2.45, 2.75) is 26.2 Å². The Bertz CT molecular complexity index is 233. The minimum absolute atomic E-state index is 0.0632. The van der Waals surface area contributed by atoms with Crippen LogP contribution in [0.4, 0.5) is 0 Å². The summed E-state index contributed by atoms with van der Waals surface area (Å²) < 4.78 is 0. The molecule has 60 valence electrons. The number of aromatic nitrogens is 1. The van der Waals surface area contributed by atoms with Crippen LogP contribution in [0, 0.1) is 0 Å². The molecule has 11 heavy (non-hydrogen) atoms. The maximum Gasteiger partial charge on any atom is 0.133 e. The van der Waals surface area contributed by atoms with E-state index in [1.807, 2.05) is 6.07 Å². The van der Waals surface area contributed by atoms with Crippen molar-refractivity contribution in [1.82, 2.24) is 4.98 Å². The van der Waals surface area contributed by atoms with Gasteiger partial charge in [-0.25, -0.2) is 0 Å². The molecule has 1 N–H and O–H groups in total. The summed E-state index contributed by atoms with van der Waals surface area (Å²) in [6.07, 6.45) is 1.47. The summed E-state index contributed by atoms with van der Waals surface area (Å²) >= 11 is 0. The minimum Gasteiger partial charge on any atom is -0.506 e. The molecule has 0 bridgehead atoms. The number of rotatable bonds is 0. The molecule has 0 atom stereocenters. The number of aromatic hydroxyl groups is 1. The van der Waals surface area contributed by atoms with Gasteiger partial charge in [0.25, 0.3) is 0 Å². The summed E-state index contributed by atoms with van der Waals surface area (Å²) in [4.78, 5) is 4.10. The zero-order chi connectivity index (χ0) is 8.48. The van der Waals surface area contributed by atoms with Crippen LogP contribution in [-0.4, -0.2) is 10.1 Å². The van der Waals surface area contributed by atoms with Crippen LogP contribution in [0.2, 0.25) is 0 Å². The van der Waals surface area contributed by atoms with Crippen LogP contribution < -0.4 is 0 Å². The van der Waals surface area contributed by atoms with Crippen LogP contribution in [0.5, 0.6) is 5.75 Å². The molecule has 0 aliphatic carbocycles. The molecule has 1 heterocycles. The van der Waals surface area contributed by atoms with Crippen molar-refractivity contribution < 1.29 is 5.11 Å². The minimum atomic E-state index is 0.0632. The van der Waals surface area contributed by atoms with Crippen LogP contribution in [0.3, 0.4) is 0 Å². The molecule has 2 nitrogen and oxygen atoms in total. The Labute approximate surface area is 66.9 Å². The van der Waals surface area contributed by atoms with Crippen LogP contribution >= 0.6 is 0 Å². The fourth-order valence-corrected chi connectivity index (χ4v) is 0.830. The van der Waals surface area contributed by atoms with Gasteiger partial charge in [-0.05, 0) is 12.1 Å². The van der Waals surface area contributed by atoms with Crippen LogP contribution in [0.1, 0.15) is 26.5 Å². The maximum absolute atomic E-state index is 8.96. The zero-order valence-corrected chi connectivity index (χ0v) is 7.13. The second-order valence-corrected chi connectivity index (χ2v) is 3.65. The van der Waals surface area contributed by atoms with Crippen molar-refractivity contribution in [3.63, 3.8) is 0 Å². The van der Waals surface area contributed by atoms with Crippen LogP contribution in [-0.2, 0) is 5.41 Å². The van der Waals surface area contributed by atoms with Gasteiger partial charge in [-0.15, -0.1) is 0 Å². The van der Waals surface area contributed by atoms with Crippen molar-refractivity contribution in [1.29, 1.82) is 0 Å². The molecule has 0 aliphatic heterocycles. The predicted molar refractivity (Wildman–Crippen MR) is 44.6 cm³/mol. The molecule has 1 rings (SSSR count). The van der Waals surface area contributed by atoms with E-state index in [4.69, 9.17) is 5.11 Å². The number of hydrogen-bond donors (Lipinski definition) is 1. The normalized spacial score (nSPS) is 11.5. The van der Waals surface area contributed by atoms with Gasteiger partial charge < -0.3 is 5.11 Å². The second kappa shape index (κ2) is 2.53. The molecule has 0 unspecified atom stereocenters. The van der Waals surface area contributed by atoms with E-state index in [2.05, 4.69) is 25.8 Å². The third-order valence-corrected chi connectivity index (χ3v) is 1.52. The highest BCUT2D eigenvalue weighted by atomic mass is 16.3. The number of pyridine rings is 1. The van der Waals surface area contributed by atoms with E-state index in [0.717, 1.165) is 5.69 Å². The van der Waals surface area contributed by atoms with E-state index >= 15 is 0 Å². The first-order valence-electron chi connectivity index (χ1n) is 3.65. The lowest BCUT2D eigenvalue weighted by Gasteiger charge is -2.16. The van der Waals surface area contributed by atoms with E-state index in [0.29, 0.717) is 0 Å². The molecule has 0 saturated heterocycles. The monoisotopic (exact) mass is 151 g/mol. The van der Waals surface area contributed by atoms with Crippen molar-refractivity contribution in [3.05, 3.63) is 24.0 Å². The van der Waals surface area contributed by atoms with E-state index < -0.39 is 0 Å². The second-order valence-electron chi connectivity index (χ2n) is 3.65. The SMILES string of the molecule is CC(C)(C)c1ccc(O)cn1. The van der Waals surface area contributed by atoms with Crippen LogP contribution in [0.25, 0.3) is 0 Å². The van der Waals surface area contributed by atoms with Gasteiger partial charge in [-0.3, -0.25) is 4.98 Å². The summed E-state index contributed by atoms with van der Waals surface area (Å²) in [5, 5.41) is 8.96. The van der Waals surface area contributed by atoms with Gasteiger partial charge >= 0.3 is 0 Å². The van der Waals surface area contributed by atoms with Gasteiger partial charge in [0.1, 0.15) is 5.75 Å².